The minimum absolute atomic E-state index is 0.214. The second-order valence-corrected chi connectivity index (χ2v) is 6.59. The summed E-state index contributed by atoms with van der Waals surface area (Å²) < 4.78 is 0. The Hall–Kier alpha value is -1.58. The first-order valence-corrected chi connectivity index (χ1v) is 7.16. The molecule has 5 heteroatoms. The monoisotopic (exact) mass is 323 g/mol. The van der Waals surface area contributed by atoms with Gasteiger partial charge in [-0.05, 0) is 24.3 Å². The Morgan fingerprint density at radius 2 is 1.76 bits per heavy atom. The summed E-state index contributed by atoms with van der Waals surface area (Å²) in [5.74, 6) is -0.979. The quantitative estimate of drug-likeness (QED) is 0.841. The van der Waals surface area contributed by atoms with Crippen molar-refractivity contribution in [3.05, 3.63) is 51.6 Å². The van der Waals surface area contributed by atoms with E-state index in [1.807, 2.05) is 26.8 Å². The molecule has 2 aromatic rings. The smallest absolute Gasteiger partial charge is 0.337 e. The van der Waals surface area contributed by atoms with Crippen LogP contribution >= 0.6 is 23.2 Å². The molecule has 0 spiro atoms. The van der Waals surface area contributed by atoms with E-state index in [0.717, 1.165) is 5.56 Å². The van der Waals surface area contributed by atoms with Gasteiger partial charge in [-0.25, -0.2) is 4.79 Å². The van der Waals surface area contributed by atoms with Gasteiger partial charge in [0, 0.05) is 11.0 Å². The molecular weight excluding hydrogens is 309 g/mol. The fraction of sp³-hybridized carbons (Fsp3) is 0.250. The SMILES string of the molecule is CC(C)(C)c1nc(-c2ccc(Cl)c(Cl)c2)ccc1C(=O)O. The number of benzene rings is 1. The molecule has 0 fully saturated rings. The highest BCUT2D eigenvalue weighted by Crippen LogP contribution is 2.30. The number of aromatic nitrogens is 1. The Morgan fingerprint density at radius 3 is 2.29 bits per heavy atom. The summed E-state index contributed by atoms with van der Waals surface area (Å²) in [5, 5.41) is 10.2. The van der Waals surface area contributed by atoms with Gasteiger partial charge in [-0.1, -0.05) is 50.0 Å². The maximum Gasteiger partial charge on any atom is 0.337 e. The summed E-state index contributed by atoms with van der Waals surface area (Å²) >= 11 is 11.9. The highest BCUT2D eigenvalue weighted by molar-refractivity contribution is 6.42. The highest BCUT2D eigenvalue weighted by Gasteiger charge is 2.24. The molecule has 0 aliphatic rings. The molecule has 0 unspecified atom stereocenters. The second kappa shape index (κ2) is 5.66. The first-order valence-electron chi connectivity index (χ1n) is 6.40. The van der Waals surface area contributed by atoms with Gasteiger partial charge < -0.3 is 5.11 Å². The van der Waals surface area contributed by atoms with Crippen LogP contribution in [0, 0.1) is 0 Å². The van der Waals surface area contributed by atoms with Gasteiger partial charge in [-0.3, -0.25) is 4.98 Å². The van der Waals surface area contributed by atoms with Crippen LogP contribution in [0.25, 0.3) is 11.3 Å². The van der Waals surface area contributed by atoms with Gasteiger partial charge in [0.05, 0.1) is 27.0 Å². The zero-order valence-electron chi connectivity index (χ0n) is 11.9. The Balaban J connectivity index is 2.61. The van der Waals surface area contributed by atoms with Crippen LogP contribution in [0.1, 0.15) is 36.8 Å². The van der Waals surface area contributed by atoms with E-state index >= 15 is 0 Å². The van der Waals surface area contributed by atoms with Crippen molar-refractivity contribution in [2.45, 2.75) is 26.2 Å². The van der Waals surface area contributed by atoms with E-state index in [9.17, 15) is 9.90 Å². The number of nitrogens with zero attached hydrogens (tertiary/aromatic N) is 1. The third kappa shape index (κ3) is 3.36. The number of carboxylic acid groups (broad SMARTS) is 1. The molecule has 0 saturated carbocycles. The first-order chi connectivity index (χ1) is 9.70. The van der Waals surface area contributed by atoms with Gasteiger partial charge in [0.25, 0.3) is 0 Å². The van der Waals surface area contributed by atoms with Gasteiger partial charge in [-0.15, -0.1) is 0 Å². The van der Waals surface area contributed by atoms with Crippen LogP contribution < -0.4 is 0 Å². The van der Waals surface area contributed by atoms with Crippen LogP contribution in [0.4, 0.5) is 0 Å². The van der Waals surface area contributed by atoms with Crippen molar-refractivity contribution in [3.8, 4) is 11.3 Å². The zero-order valence-corrected chi connectivity index (χ0v) is 13.5. The lowest BCUT2D eigenvalue weighted by atomic mass is 9.88. The van der Waals surface area contributed by atoms with Gasteiger partial charge >= 0.3 is 5.97 Å². The number of rotatable bonds is 2. The summed E-state index contributed by atoms with van der Waals surface area (Å²) in [7, 11) is 0. The molecule has 1 aromatic heterocycles. The van der Waals surface area contributed by atoms with E-state index in [1.54, 1.807) is 24.3 Å². The third-order valence-electron chi connectivity index (χ3n) is 3.05. The van der Waals surface area contributed by atoms with Crippen molar-refractivity contribution in [3.63, 3.8) is 0 Å². The van der Waals surface area contributed by atoms with Gasteiger partial charge in [0.15, 0.2) is 0 Å². The van der Waals surface area contributed by atoms with Gasteiger partial charge in [0.1, 0.15) is 0 Å². The minimum Gasteiger partial charge on any atom is -0.478 e. The molecule has 1 heterocycles. The number of halogens is 2. The molecule has 2 rings (SSSR count). The molecule has 110 valence electrons. The Kier molecular flexibility index (Phi) is 4.26. The van der Waals surface area contributed by atoms with Crippen molar-refractivity contribution in [1.29, 1.82) is 0 Å². The summed E-state index contributed by atoms with van der Waals surface area (Å²) in [6.07, 6.45) is 0. The number of carboxylic acids is 1. The molecule has 1 N–H and O–H groups in total. The van der Waals surface area contributed by atoms with Crippen molar-refractivity contribution in [1.82, 2.24) is 4.98 Å². The predicted molar refractivity (Wildman–Crippen MR) is 85.4 cm³/mol. The van der Waals surface area contributed by atoms with Crippen LogP contribution in [0.3, 0.4) is 0 Å². The molecule has 0 saturated heterocycles. The average Bonchev–Trinajstić information content (AvgIpc) is 2.40. The van der Waals surface area contributed by atoms with E-state index in [-0.39, 0.29) is 11.0 Å². The van der Waals surface area contributed by atoms with Crippen molar-refractivity contribution in [2.24, 2.45) is 0 Å². The Labute approximate surface area is 133 Å². The van der Waals surface area contributed by atoms with Crippen LogP contribution in [-0.4, -0.2) is 16.1 Å². The van der Waals surface area contributed by atoms with E-state index in [2.05, 4.69) is 4.98 Å². The normalized spacial score (nSPS) is 11.5. The van der Waals surface area contributed by atoms with Crippen LogP contribution in [0.15, 0.2) is 30.3 Å². The van der Waals surface area contributed by atoms with Crippen LogP contribution in [0.5, 0.6) is 0 Å². The Bertz CT molecular complexity index is 706. The standard InChI is InChI=1S/C16H15Cl2NO2/c1-16(2,3)14-10(15(20)21)5-7-13(19-14)9-4-6-11(17)12(18)8-9/h4-8H,1-3H3,(H,20,21). The predicted octanol–water partition coefficient (Wildman–Crippen LogP) is 5.05. The summed E-state index contributed by atoms with van der Waals surface area (Å²) in [6.45, 7) is 5.79. The van der Waals surface area contributed by atoms with E-state index in [1.165, 1.54) is 0 Å². The summed E-state index contributed by atoms with van der Waals surface area (Å²) in [5.41, 5.74) is 1.85. The molecule has 0 aliphatic heterocycles. The second-order valence-electron chi connectivity index (χ2n) is 5.78. The fourth-order valence-electron chi connectivity index (χ4n) is 2.02. The minimum atomic E-state index is -0.979. The third-order valence-corrected chi connectivity index (χ3v) is 3.79. The number of carbonyl (C=O) groups is 1. The lowest BCUT2D eigenvalue weighted by molar-refractivity contribution is 0.0693. The molecule has 21 heavy (non-hydrogen) atoms. The van der Waals surface area contributed by atoms with Crippen LogP contribution in [-0.2, 0) is 5.41 Å². The lowest BCUT2D eigenvalue weighted by Gasteiger charge is -2.21. The van der Waals surface area contributed by atoms with Crippen LogP contribution in [0.2, 0.25) is 10.0 Å². The number of pyridine rings is 1. The molecule has 3 nitrogen and oxygen atoms in total. The topological polar surface area (TPSA) is 50.2 Å². The maximum absolute atomic E-state index is 11.3. The van der Waals surface area contributed by atoms with Gasteiger partial charge in [0.2, 0.25) is 0 Å². The van der Waals surface area contributed by atoms with E-state index in [0.29, 0.717) is 21.4 Å². The molecule has 1 aromatic carbocycles. The number of hydrogen-bond donors (Lipinski definition) is 1. The van der Waals surface area contributed by atoms with Gasteiger partial charge in [-0.2, -0.15) is 0 Å². The molecule has 0 bridgehead atoms. The summed E-state index contributed by atoms with van der Waals surface area (Å²) in [4.78, 5) is 15.9. The number of aromatic carboxylic acids is 1. The Morgan fingerprint density at radius 1 is 1.10 bits per heavy atom. The highest BCUT2D eigenvalue weighted by atomic mass is 35.5. The zero-order chi connectivity index (χ0) is 15.8. The van der Waals surface area contributed by atoms with Crippen molar-refractivity contribution in [2.75, 3.05) is 0 Å². The lowest BCUT2D eigenvalue weighted by Crippen LogP contribution is -2.19. The molecule has 0 amide bonds. The largest absolute Gasteiger partial charge is 0.478 e. The molecular formula is C16H15Cl2NO2. The van der Waals surface area contributed by atoms with E-state index in [4.69, 9.17) is 23.2 Å². The van der Waals surface area contributed by atoms with Crippen molar-refractivity contribution < 1.29 is 9.90 Å². The van der Waals surface area contributed by atoms with Crippen molar-refractivity contribution >= 4 is 29.2 Å². The number of hydrogen-bond acceptors (Lipinski definition) is 2. The summed E-state index contributed by atoms with van der Waals surface area (Å²) in [6, 6.07) is 8.48. The fourth-order valence-corrected chi connectivity index (χ4v) is 2.32. The molecule has 0 atom stereocenters. The molecule has 0 radical (unpaired) electrons. The maximum atomic E-state index is 11.3. The average molecular weight is 324 g/mol. The molecule has 0 aliphatic carbocycles. The first kappa shape index (κ1) is 15.8. The van der Waals surface area contributed by atoms with E-state index < -0.39 is 5.97 Å².